The van der Waals surface area contributed by atoms with Crippen molar-refractivity contribution in [1.82, 2.24) is 14.3 Å². The van der Waals surface area contributed by atoms with Crippen molar-refractivity contribution in [3.05, 3.63) is 41.9 Å². The van der Waals surface area contributed by atoms with Crippen LogP contribution in [0.15, 0.2) is 35.4 Å². The highest BCUT2D eigenvalue weighted by Crippen LogP contribution is 2.25. The van der Waals surface area contributed by atoms with Gasteiger partial charge in [0, 0.05) is 38.4 Å². The molecule has 1 N–H and O–H groups in total. The van der Waals surface area contributed by atoms with Gasteiger partial charge in [0.1, 0.15) is 17.4 Å². The number of rotatable bonds is 3. The first-order valence-electron chi connectivity index (χ1n) is 7.72. The minimum absolute atomic E-state index is 0.0470. The molecule has 2 aromatic rings. The van der Waals surface area contributed by atoms with Gasteiger partial charge in [0.25, 0.3) is 0 Å². The fraction of sp³-hybridized carbons (Fsp3) is 0.375. The predicted octanol–water partition coefficient (Wildman–Crippen LogP) is 1.31. The number of aromatic hydroxyl groups is 1. The number of benzene rings is 1. The van der Waals surface area contributed by atoms with E-state index in [1.54, 1.807) is 19.2 Å². The van der Waals surface area contributed by atoms with Gasteiger partial charge in [-0.15, -0.1) is 0 Å². The molecule has 0 saturated carbocycles. The number of aromatic nitrogens is 2. The predicted molar refractivity (Wildman–Crippen MR) is 90.6 cm³/mol. The summed E-state index contributed by atoms with van der Waals surface area (Å²) in [5, 5.41) is 9.61. The Hall–Kier alpha value is -2.19. The van der Waals surface area contributed by atoms with E-state index in [0.717, 1.165) is 5.82 Å². The Kier molecular flexibility index (Phi) is 4.42. The van der Waals surface area contributed by atoms with E-state index in [2.05, 4.69) is 14.9 Å². The van der Waals surface area contributed by atoms with Crippen molar-refractivity contribution in [2.45, 2.75) is 18.7 Å². The number of piperazine rings is 1. The zero-order valence-corrected chi connectivity index (χ0v) is 14.5. The minimum Gasteiger partial charge on any atom is -0.508 e. The van der Waals surface area contributed by atoms with Crippen LogP contribution in [0, 0.1) is 13.8 Å². The Bertz CT molecular complexity index is 846. The lowest BCUT2D eigenvalue weighted by Gasteiger charge is -2.34. The van der Waals surface area contributed by atoms with Crippen LogP contribution in [0.1, 0.15) is 11.4 Å². The summed E-state index contributed by atoms with van der Waals surface area (Å²) in [5.41, 5.74) is 0.627. The summed E-state index contributed by atoms with van der Waals surface area (Å²) in [6, 6.07) is 6.24. The quantitative estimate of drug-likeness (QED) is 0.900. The topological polar surface area (TPSA) is 86.6 Å². The number of nitrogens with zero attached hydrogens (tertiary/aromatic N) is 4. The van der Waals surface area contributed by atoms with Gasteiger partial charge in [0.15, 0.2) is 0 Å². The van der Waals surface area contributed by atoms with E-state index in [9.17, 15) is 13.5 Å². The van der Waals surface area contributed by atoms with Crippen LogP contribution in [-0.4, -0.2) is 54.0 Å². The molecule has 8 heteroatoms. The molecule has 128 valence electrons. The first-order chi connectivity index (χ1) is 11.4. The second kappa shape index (κ2) is 6.37. The molecule has 7 nitrogen and oxygen atoms in total. The van der Waals surface area contributed by atoms with Gasteiger partial charge in [-0.2, -0.15) is 4.31 Å². The molecule has 1 saturated heterocycles. The van der Waals surface area contributed by atoms with E-state index >= 15 is 0 Å². The summed E-state index contributed by atoms with van der Waals surface area (Å²) in [6.07, 6.45) is 1.71. The molecular weight excluding hydrogens is 328 g/mol. The second-order valence-electron chi connectivity index (χ2n) is 5.80. The van der Waals surface area contributed by atoms with Gasteiger partial charge in [0.05, 0.1) is 4.90 Å². The number of hydrogen-bond acceptors (Lipinski definition) is 6. The van der Waals surface area contributed by atoms with Crippen LogP contribution >= 0.6 is 0 Å². The summed E-state index contributed by atoms with van der Waals surface area (Å²) >= 11 is 0. The monoisotopic (exact) mass is 348 g/mol. The molecule has 1 aromatic heterocycles. The Balaban J connectivity index is 1.77. The molecule has 0 spiro atoms. The lowest BCUT2D eigenvalue weighted by molar-refractivity contribution is 0.383. The molecule has 0 unspecified atom stereocenters. The third kappa shape index (κ3) is 3.20. The smallest absolute Gasteiger partial charge is 0.243 e. The van der Waals surface area contributed by atoms with Crippen LogP contribution in [-0.2, 0) is 10.0 Å². The number of phenols is 1. The number of anilines is 1. The molecule has 2 heterocycles. The molecular formula is C16H20N4O3S. The van der Waals surface area contributed by atoms with Crippen LogP contribution in [0.4, 0.5) is 5.82 Å². The van der Waals surface area contributed by atoms with Crippen molar-refractivity contribution in [2.24, 2.45) is 0 Å². The molecule has 3 rings (SSSR count). The number of sulfonamides is 1. The number of phenolic OH excluding ortho intramolecular Hbond substituents is 1. The molecule has 1 fully saturated rings. The number of aryl methyl sites for hydroxylation is 2. The zero-order valence-electron chi connectivity index (χ0n) is 13.7. The third-order valence-corrected chi connectivity index (χ3v) is 6.15. The standard InChI is InChI=1S/C16H20N4O3S/c1-12-3-4-14(21)11-15(12)24(22,23)20-9-7-19(8-10-20)16-5-6-17-13(2)18-16/h3-6,11,21H,7-10H2,1-2H3. The fourth-order valence-corrected chi connectivity index (χ4v) is 4.45. The summed E-state index contributed by atoms with van der Waals surface area (Å²) in [7, 11) is -3.62. The second-order valence-corrected chi connectivity index (χ2v) is 7.71. The van der Waals surface area contributed by atoms with Crippen LogP contribution < -0.4 is 4.90 Å². The van der Waals surface area contributed by atoms with Gasteiger partial charge < -0.3 is 10.0 Å². The lowest BCUT2D eigenvalue weighted by atomic mass is 10.2. The van der Waals surface area contributed by atoms with Crippen molar-refractivity contribution < 1.29 is 13.5 Å². The summed E-state index contributed by atoms with van der Waals surface area (Å²) in [4.78, 5) is 10.7. The van der Waals surface area contributed by atoms with Gasteiger partial charge in [-0.3, -0.25) is 0 Å². The van der Waals surface area contributed by atoms with Gasteiger partial charge in [-0.25, -0.2) is 18.4 Å². The van der Waals surface area contributed by atoms with Crippen molar-refractivity contribution in [2.75, 3.05) is 31.1 Å². The van der Waals surface area contributed by atoms with E-state index in [1.807, 2.05) is 13.0 Å². The van der Waals surface area contributed by atoms with E-state index in [-0.39, 0.29) is 10.6 Å². The van der Waals surface area contributed by atoms with Gasteiger partial charge >= 0.3 is 0 Å². The maximum atomic E-state index is 12.8. The molecule has 1 aromatic carbocycles. The molecule has 24 heavy (non-hydrogen) atoms. The number of hydrogen-bond donors (Lipinski definition) is 1. The molecule has 0 aliphatic carbocycles. The average Bonchev–Trinajstić information content (AvgIpc) is 2.57. The maximum Gasteiger partial charge on any atom is 0.243 e. The average molecular weight is 348 g/mol. The van der Waals surface area contributed by atoms with Gasteiger partial charge in [0.2, 0.25) is 10.0 Å². The fourth-order valence-electron chi connectivity index (χ4n) is 2.78. The van der Waals surface area contributed by atoms with Crippen molar-refractivity contribution in [3.63, 3.8) is 0 Å². The SMILES string of the molecule is Cc1nccc(N2CCN(S(=O)(=O)c3cc(O)ccc3C)CC2)n1. The highest BCUT2D eigenvalue weighted by molar-refractivity contribution is 7.89. The Morgan fingerprint density at radius 1 is 1.08 bits per heavy atom. The van der Waals surface area contributed by atoms with Crippen LogP contribution in [0.5, 0.6) is 5.75 Å². The molecule has 1 aliphatic heterocycles. The minimum atomic E-state index is -3.62. The van der Waals surface area contributed by atoms with Crippen molar-refractivity contribution in [3.8, 4) is 5.75 Å². The van der Waals surface area contributed by atoms with Crippen LogP contribution in [0.2, 0.25) is 0 Å². The van der Waals surface area contributed by atoms with E-state index in [1.165, 1.54) is 16.4 Å². The normalized spacial score (nSPS) is 16.3. The zero-order chi connectivity index (χ0) is 17.3. The summed E-state index contributed by atoms with van der Waals surface area (Å²) in [5.74, 6) is 1.46. The van der Waals surface area contributed by atoms with Crippen LogP contribution in [0.25, 0.3) is 0 Å². The third-order valence-electron chi connectivity index (χ3n) is 4.11. The summed E-state index contributed by atoms with van der Waals surface area (Å²) < 4.78 is 27.1. The Morgan fingerprint density at radius 3 is 2.46 bits per heavy atom. The van der Waals surface area contributed by atoms with Crippen molar-refractivity contribution >= 4 is 15.8 Å². The molecule has 0 radical (unpaired) electrons. The van der Waals surface area contributed by atoms with Gasteiger partial charge in [-0.05, 0) is 31.5 Å². The van der Waals surface area contributed by atoms with Crippen LogP contribution in [0.3, 0.4) is 0 Å². The van der Waals surface area contributed by atoms with Crippen molar-refractivity contribution in [1.29, 1.82) is 0 Å². The molecule has 0 atom stereocenters. The Labute approximate surface area is 141 Å². The van der Waals surface area contributed by atoms with E-state index < -0.39 is 10.0 Å². The maximum absolute atomic E-state index is 12.8. The largest absolute Gasteiger partial charge is 0.508 e. The lowest BCUT2D eigenvalue weighted by Crippen LogP contribution is -2.49. The van der Waals surface area contributed by atoms with E-state index in [4.69, 9.17) is 0 Å². The molecule has 1 aliphatic rings. The first kappa shape index (κ1) is 16.7. The highest BCUT2D eigenvalue weighted by atomic mass is 32.2. The highest BCUT2D eigenvalue weighted by Gasteiger charge is 2.30. The molecule has 0 amide bonds. The van der Waals surface area contributed by atoms with E-state index in [0.29, 0.717) is 37.6 Å². The Morgan fingerprint density at radius 2 is 1.79 bits per heavy atom. The molecule has 0 bridgehead atoms. The van der Waals surface area contributed by atoms with Gasteiger partial charge in [-0.1, -0.05) is 6.07 Å². The first-order valence-corrected chi connectivity index (χ1v) is 9.16. The summed E-state index contributed by atoms with van der Waals surface area (Å²) in [6.45, 7) is 5.43.